The van der Waals surface area contributed by atoms with Crippen molar-refractivity contribution in [3.63, 3.8) is 0 Å². The summed E-state index contributed by atoms with van der Waals surface area (Å²) in [5.41, 5.74) is 1.82. The predicted molar refractivity (Wildman–Crippen MR) is 63.8 cm³/mol. The monoisotopic (exact) mass is 219 g/mol. The average Bonchev–Trinajstić information content (AvgIpc) is 2.99. The van der Waals surface area contributed by atoms with Gasteiger partial charge in [-0.25, -0.2) is 0 Å². The van der Waals surface area contributed by atoms with E-state index < -0.39 is 11.4 Å². The predicted octanol–water partition coefficient (Wildman–Crippen LogP) is 2.30. The smallest absolute Gasteiger partial charge is 0.311 e. The molecule has 1 N–H and O–H groups in total. The highest BCUT2D eigenvalue weighted by Crippen LogP contribution is 2.46. The van der Waals surface area contributed by atoms with Crippen molar-refractivity contribution >= 4 is 11.7 Å². The van der Waals surface area contributed by atoms with Gasteiger partial charge in [0.05, 0.1) is 5.41 Å². The Balaban J connectivity index is 2.12. The number of carbonyl (C=O) groups is 1. The molecule has 1 aromatic carbocycles. The van der Waals surface area contributed by atoms with Gasteiger partial charge in [-0.15, -0.1) is 0 Å². The maximum Gasteiger partial charge on any atom is 0.311 e. The summed E-state index contributed by atoms with van der Waals surface area (Å²) in [6, 6.07) is 8.06. The highest BCUT2D eigenvalue weighted by molar-refractivity contribution is 5.78. The SMILES string of the molecule is Cc1ccccc1N(C)CC1(C(=O)O)CC1. The minimum absolute atomic E-state index is 0.489. The Bertz CT molecular complexity index is 410. The fourth-order valence-corrected chi connectivity index (χ4v) is 2.12. The van der Waals surface area contributed by atoms with Crippen molar-refractivity contribution in [2.45, 2.75) is 19.8 Å². The topological polar surface area (TPSA) is 40.5 Å². The van der Waals surface area contributed by atoms with E-state index in [2.05, 4.69) is 4.90 Å². The molecule has 0 saturated heterocycles. The first-order valence-corrected chi connectivity index (χ1v) is 5.55. The molecule has 0 spiro atoms. The number of hydrogen-bond acceptors (Lipinski definition) is 2. The van der Waals surface area contributed by atoms with E-state index in [9.17, 15) is 4.79 Å². The summed E-state index contributed by atoms with van der Waals surface area (Å²) in [6.07, 6.45) is 1.61. The molecule has 1 aliphatic rings. The molecule has 1 fully saturated rings. The van der Waals surface area contributed by atoms with Crippen LogP contribution in [0.3, 0.4) is 0 Å². The molecule has 86 valence electrons. The van der Waals surface area contributed by atoms with E-state index in [0.29, 0.717) is 6.54 Å². The second-order valence-electron chi connectivity index (χ2n) is 4.73. The van der Waals surface area contributed by atoms with Crippen LogP contribution >= 0.6 is 0 Å². The van der Waals surface area contributed by atoms with Gasteiger partial charge in [0.15, 0.2) is 0 Å². The van der Waals surface area contributed by atoms with Crippen LogP contribution in [0.15, 0.2) is 24.3 Å². The summed E-state index contributed by atoms with van der Waals surface area (Å²) in [6.45, 7) is 2.65. The van der Waals surface area contributed by atoms with Crippen LogP contribution in [0.5, 0.6) is 0 Å². The molecule has 0 unspecified atom stereocenters. The molecule has 0 radical (unpaired) electrons. The third-order valence-electron chi connectivity index (χ3n) is 3.37. The van der Waals surface area contributed by atoms with Gasteiger partial charge in [-0.2, -0.15) is 0 Å². The van der Waals surface area contributed by atoms with Crippen LogP contribution in [-0.2, 0) is 4.79 Å². The minimum atomic E-state index is -0.659. The van der Waals surface area contributed by atoms with Gasteiger partial charge in [-0.1, -0.05) is 18.2 Å². The summed E-state index contributed by atoms with van der Waals surface area (Å²) in [5.74, 6) is -0.659. The van der Waals surface area contributed by atoms with E-state index in [1.807, 2.05) is 38.2 Å². The highest BCUT2D eigenvalue weighted by atomic mass is 16.4. The van der Waals surface area contributed by atoms with Crippen LogP contribution in [0.25, 0.3) is 0 Å². The lowest BCUT2D eigenvalue weighted by Crippen LogP contribution is -2.32. The number of para-hydroxylation sites is 1. The number of nitrogens with zero attached hydrogens (tertiary/aromatic N) is 1. The van der Waals surface area contributed by atoms with Crippen molar-refractivity contribution < 1.29 is 9.90 Å². The Morgan fingerprint density at radius 2 is 2.06 bits per heavy atom. The molecule has 16 heavy (non-hydrogen) atoms. The number of aliphatic carboxylic acids is 1. The van der Waals surface area contributed by atoms with Crippen LogP contribution in [-0.4, -0.2) is 24.7 Å². The quantitative estimate of drug-likeness (QED) is 0.844. The summed E-state index contributed by atoms with van der Waals surface area (Å²) >= 11 is 0. The van der Waals surface area contributed by atoms with Gasteiger partial charge in [-0.05, 0) is 31.4 Å². The van der Waals surface area contributed by atoms with Gasteiger partial charge in [0, 0.05) is 19.3 Å². The van der Waals surface area contributed by atoms with Crippen LogP contribution in [0.4, 0.5) is 5.69 Å². The molecule has 1 aliphatic carbocycles. The van der Waals surface area contributed by atoms with E-state index in [0.717, 1.165) is 18.5 Å². The number of carboxylic acid groups (broad SMARTS) is 1. The lowest BCUT2D eigenvalue weighted by atomic mass is 10.1. The Morgan fingerprint density at radius 3 is 2.56 bits per heavy atom. The van der Waals surface area contributed by atoms with Crippen molar-refractivity contribution in [3.8, 4) is 0 Å². The summed E-state index contributed by atoms with van der Waals surface area (Å²) in [5, 5.41) is 9.14. The zero-order valence-corrected chi connectivity index (χ0v) is 9.73. The lowest BCUT2D eigenvalue weighted by molar-refractivity contribution is -0.142. The number of carboxylic acids is 1. The molecule has 1 aromatic rings. The second kappa shape index (κ2) is 3.81. The van der Waals surface area contributed by atoms with Gasteiger partial charge in [-0.3, -0.25) is 4.79 Å². The van der Waals surface area contributed by atoms with Gasteiger partial charge in [0.2, 0.25) is 0 Å². The summed E-state index contributed by atoms with van der Waals surface area (Å²) in [4.78, 5) is 13.2. The van der Waals surface area contributed by atoms with Gasteiger partial charge in [0.25, 0.3) is 0 Å². The zero-order chi connectivity index (χ0) is 11.8. The van der Waals surface area contributed by atoms with Crippen LogP contribution in [0, 0.1) is 12.3 Å². The first-order chi connectivity index (χ1) is 7.55. The molecule has 0 aromatic heterocycles. The Morgan fingerprint density at radius 1 is 1.44 bits per heavy atom. The first-order valence-electron chi connectivity index (χ1n) is 5.55. The highest BCUT2D eigenvalue weighted by Gasteiger charge is 2.50. The van der Waals surface area contributed by atoms with E-state index in [4.69, 9.17) is 5.11 Å². The number of aryl methyl sites for hydroxylation is 1. The van der Waals surface area contributed by atoms with Crippen molar-refractivity contribution in [1.82, 2.24) is 0 Å². The van der Waals surface area contributed by atoms with E-state index in [1.165, 1.54) is 5.56 Å². The van der Waals surface area contributed by atoms with Crippen molar-refractivity contribution in [2.24, 2.45) is 5.41 Å². The van der Waals surface area contributed by atoms with E-state index >= 15 is 0 Å². The van der Waals surface area contributed by atoms with Gasteiger partial charge < -0.3 is 10.0 Å². The van der Waals surface area contributed by atoms with Crippen LogP contribution in [0.1, 0.15) is 18.4 Å². The lowest BCUT2D eigenvalue weighted by Gasteiger charge is -2.24. The van der Waals surface area contributed by atoms with Crippen LogP contribution < -0.4 is 4.90 Å². The molecule has 3 nitrogen and oxygen atoms in total. The largest absolute Gasteiger partial charge is 0.481 e. The third kappa shape index (κ3) is 1.90. The molecule has 3 heteroatoms. The number of benzene rings is 1. The molecule has 2 rings (SSSR count). The Labute approximate surface area is 95.7 Å². The molecular weight excluding hydrogens is 202 g/mol. The van der Waals surface area contributed by atoms with Crippen molar-refractivity contribution in [2.75, 3.05) is 18.5 Å². The third-order valence-corrected chi connectivity index (χ3v) is 3.37. The number of rotatable bonds is 4. The molecule has 0 atom stereocenters. The fraction of sp³-hybridized carbons (Fsp3) is 0.462. The summed E-state index contributed by atoms with van der Waals surface area (Å²) in [7, 11) is 1.96. The first kappa shape index (κ1) is 11.0. The average molecular weight is 219 g/mol. The maximum absolute atomic E-state index is 11.1. The van der Waals surface area contributed by atoms with Gasteiger partial charge >= 0.3 is 5.97 Å². The van der Waals surface area contributed by atoms with Crippen molar-refractivity contribution in [3.05, 3.63) is 29.8 Å². The number of hydrogen-bond donors (Lipinski definition) is 1. The molecule has 0 heterocycles. The minimum Gasteiger partial charge on any atom is -0.481 e. The maximum atomic E-state index is 11.1. The molecular formula is C13H17NO2. The van der Waals surface area contributed by atoms with E-state index in [1.54, 1.807) is 0 Å². The fourth-order valence-electron chi connectivity index (χ4n) is 2.12. The Kier molecular flexibility index (Phi) is 2.62. The molecule has 0 aliphatic heterocycles. The van der Waals surface area contributed by atoms with Crippen LogP contribution in [0.2, 0.25) is 0 Å². The van der Waals surface area contributed by atoms with Gasteiger partial charge in [0.1, 0.15) is 0 Å². The second-order valence-corrected chi connectivity index (χ2v) is 4.73. The Hall–Kier alpha value is -1.51. The molecule has 1 saturated carbocycles. The standard InChI is InChI=1S/C13H17NO2/c1-10-5-3-4-6-11(10)14(2)9-13(7-8-13)12(15)16/h3-6H,7-9H2,1-2H3,(H,15,16). The van der Waals surface area contributed by atoms with Crippen molar-refractivity contribution in [1.29, 1.82) is 0 Å². The van der Waals surface area contributed by atoms with E-state index in [-0.39, 0.29) is 0 Å². The summed E-state index contributed by atoms with van der Waals surface area (Å²) < 4.78 is 0. The normalized spacial score (nSPS) is 16.9. The number of anilines is 1. The molecule has 0 amide bonds. The zero-order valence-electron chi connectivity index (χ0n) is 9.73. The molecule has 0 bridgehead atoms.